The Morgan fingerprint density at radius 1 is 1.15 bits per heavy atom. The number of piperidine rings is 1. The lowest BCUT2D eigenvalue weighted by atomic mass is 10.1. The van der Waals surface area contributed by atoms with Gasteiger partial charge in [-0.3, -0.25) is 9.59 Å². The number of nitrogens with zero attached hydrogens (tertiary/aromatic N) is 2. The van der Waals surface area contributed by atoms with E-state index in [0.717, 1.165) is 45.3 Å². The summed E-state index contributed by atoms with van der Waals surface area (Å²) in [6.45, 7) is 3.44. The van der Waals surface area contributed by atoms with Crippen LogP contribution < -0.4 is 5.32 Å². The summed E-state index contributed by atoms with van der Waals surface area (Å²) in [6.07, 6.45) is 5.15. The van der Waals surface area contributed by atoms with Crippen LogP contribution >= 0.6 is 0 Å². The smallest absolute Gasteiger partial charge is 0.226 e. The third-order valence-electron chi connectivity index (χ3n) is 4.19. The van der Waals surface area contributed by atoms with Crippen LogP contribution in [0.15, 0.2) is 0 Å². The molecule has 1 aliphatic heterocycles. The van der Waals surface area contributed by atoms with Crippen molar-refractivity contribution in [1.29, 1.82) is 0 Å². The van der Waals surface area contributed by atoms with Gasteiger partial charge in [-0.2, -0.15) is 0 Å². The highest BCUT2D eigenvalue weighted by Gasteiger charge is 2.49. The fraction of sp³-hybridized carbons (Fsp3) is 0.867. The van der Waals surface area contributed by atoms with E-state index in [9.17, 15) is 9.59 Å². The summed E-state index contributed by atoms with van der Waals surface area (Å²) in [4.78, 5) is 28.2. The molecule has 2 rings (SSSR count). The van der Waals surface area contributed by atoms with Gasteiger partial charge in [0.25, 0.3) is 0 Å². The molecule has 0 radical (unpaired) electrons. The Morgan fingerprint density at radius 3 is 2.50 bits per heavy atom. The molecule has 114 valence electrons. The summed E-state index contributed by atoms with van der Waals surface area (Å²) in [6, 6.07) is 0. The first kappa shape index (κ1) is 15.3. The zero-order valence-electron chi connectivity index (χ0n) is 12.7. The zero-order chi connectivity index (χ0) is 14.5. The predicted molar refractivity (Wildman–Crippen MR) is 78.2 cm³/mol. The van der Waals surface area contributed by atoms with Crippen LogP contribution in [-0.2, 0) is 9.59 Å². The molecule has 5 heteroatoms. The van der Waals surface area contributed by atoms with E-state index in [1.165, 1.54) is 6.42 Å². The highest BCUT2D eigenvalue weighted by atomic mass is 16.2. The van der Waals surface area contributed by atoms with Gasteiger partial charge in [-0.1, -0.05) is 0 Å². The topological polar surface area (TPSA) is 52.7 Å². The van der Waals surface area contributed by atoms with Crippen molar-refractivity contribution >= 4 is 11.8 Å². The van der Waals surface area contributed by atoms with E-state index in [1.807, 2.05) is 19.0 Å². The van der Waals surface area contributed by atoms with E-state index in [4.69, 9.17) is 0 Å². The molecule has 1 saturated carbocycles. The molecule has 1 heterocycles. The average molecular weight is 281 g/mol. The summed E-state index contributed by atoms with van der Waals surface area (Å²) in [7, 11) is 4.05. The van der Waals surface area contributed by atoms with E-state index < -0.39 is 0 Å². The molecule has 0 aromatic heterocycles. The maximum absolute atomic E-state index is 12.2. The molecule has 2 fully saturated rings. The van der Waals surface area contributed by atoms with Crippen molar-refractivity contribution in [1.82, 2.24) is 15.1 Å². The highest BCUT2D eigenvalue weighted by molar-refractivity contribution is 5.92. The van der Waals surface area contributed by atoms with Crippen LogP contribution in [0.2, 0.25) is 0 Å². The molecular weight excluding hydrogens is 254 g/mol. The monoisotopic (exact) mass is 281 g/mol. The van der Waals surface area contributed by atoms with Crippen LogP contribution in [0.5, 0.6) is 0 Å². The first-order valence-electron chi connectivity index (χ1n) is 7.81. The Balaban J connectivity index is 1.65. The molecule has 20 heavy (non-hydrogen) atoms. The number of hydrogen-bond donors (Lipinski definition) is 1. The van der Waals surface area contributed by atoms with E-state index in [-0.39, 0.29) is 23.7 Å². The third-order valence-corrected chi connectivity index (χ3v) is 4.19. The minimum Gasteiger partial charge on any atom is -0.356 e. The van der Waals surface area contributed by atoms with Gasteiger partial charge in [0, 0.05) is 19.6 Å². The van der Waals surface area contributed by atoms with Crippen molar-refractivity contribution in [2.24, 2.45) is 11.8 Å². The van der Waals surface area contributed by atoms with Crippen LogP contribution in [0, 0.1) is 11.8 Å². The Kier molecular flexibility index (Phi) is 5.40. The first-order valence-corrected chi connectivity index (χ1v) is 7.81. The molecule has 0 bridgehead atoms. The second-order valence-corrected chi connectivity index (χ2v) is 6.28. The minimum absolute atomic E-state index is 0.0399. The summed E-state index contributed by atoms with van der Waals surface area (Å²) >= 11 is 0. The summed E-state index contributed by atoms with van der Waals surface area (Å²) in [5.41, 5.74) is 0. The lowest BCUT2D eigenvalue weighted by Gasteiger charge is -2.26. The Hall–Kier alpha value is -1.10. The van der Waals surface area contributed by atoms with Gasteiger partial charge in [-0.15, -0.1) is 0 Å². The summed E-state index contributed by atoms with van der Waals surface area (Å²) in [5, 5.41) is 2.95. The number of likely N-dealkylation sites (tertiary alicyclic amines) is 1. The van der Waals surface area contributed by atoms with Crippen molar-refractivity contribution in [3.05, 3.63) is 0 Å². The maximum Gasteiger partial charge on any atom is 0.226 e. The normalized spacial score (nSPS) is 25.6. The second kappa shape index (κ2) is 7.07. The Bertz CT molecular complexity index is 351. The number of carbonyl (C=O) groups is 2. The van der Waals surface area contributed by atoms with E-state index in [1.54, 1.807) is 0 Å². The quantitative estimate of drug-likeness (QED) is 0.729. The Morgan fingerprint density at radius 2 is 1.85 bits per heavy atom. The first-order chi connectivity index (χ1) is 9.59. The lowest BCUT2D eigenvalue weighted by Crippen LogP contribution is -2.38. The van der Waals surface area contributed by atoms with Crippen molar-refractivity contribution in [3.8, 4) is 0 Å². The van der Waals surface area contributed by atoms with E-state index in [2.05, 4.69) is 10.2 Å². The van der Waals surface area contributed by atoms with Crippen LogP contribution in [0.1, 0.15) is 32.1 Å². The van der Waals surface area contributed by atoms with Gasteiger partial charge < -0.3 is 15.1 Å². The van der Waals surface area contributed by atoms with Crippen molar-refractivity contribution in [3.63, 3.8) is 0 Å². The molecule has 2 amide bonds. The van der Waals surface area contributed by atoms with Gasteiger partial charge in [0.2, 0.25) is 11.8 Å². The fourth-order valence-corrected chi connectivity index (χ4v) is 2.84. The molecule has 2 unspecified atom stereocenters. The van der Waals surface area contributed by atoms with Crippen molar-refractivity contribution in [2.75, 3.05) is 40.3 Å². The lowest BCUT2D eigenvalue weighted by molar-refractivity contribution is -0.135. The average Bonchev–Trinajstić information content (AvgIpc) is 3.24. The van der Waals surface area contributed by atoms with Crippen LogP contribution in [0.25, 0.3) is 0 Å². The predicted octanol–water partition coefficient (Wildman–Crippen LogP) is 0.703. The molecule has 1 aliphatic carbocycles. The fourth-order valence-electron chi connectivity index (χ4n) is 2.84. The molecule has 2 aliphatic rings. The van der Waals surface area contributed by atoms with E-state index >= 15 is 0 Å². The molecule has 1 saturated heterocycles. The second-order valence-electron chi connectivity index (χ2n) is 6.28. The molecule has 0 spiro atoms. The van der Waals surface area contributed by atoms with E-state index in [0.29, 0.717) is 6.54 Å². The van der Waals surface area contributed by atoms with Crippen molar-refractivity contribution < 1.29 is 9.59 Å². The van der Waals surface area contributed by atoms with Gasteiger partial charge in [0.15, 0.2) is 0 Å². The SMILES string of the molecule is CN(C)CCCNC(=O)C1CC1C(=O)N1CCCCC1. The van der Waals surface area contributed by atoms with Gasteiger partial charge in [-0.05, 0) is 52.7 Å². The number of rotatable bonds is 6. The summed E-state index contributed by atoms with van der Waals surface area (Å²) in [5.74, 6) is 0.169. The molecule has 0 aromatic carbocycles. The standard InChI is InChI=1S/C15H27N3O2/c1-17(2)8-6-7-16-14(19)12-11-13(12)15(20)18-9-4-3-5-10-18/h12-13H,3-11H2,1-2H3,(H,16,19). The molecule has 0 aromatic rings. The molecule has 2 atom stereocenters. The van der Waals surface area contributed by atoms with Gasteiger partial charge in [0.1, 0.15) is 0 Å². The third kappa shape index (κ3) is 4.20. The molecule has 1 N–H and O–H groups in total. The zero-order valence-corrected chi connectivity index (χ0v) is 12.7. The number of carbonyl (C=O) groups excluding carboxylic acids is 2. The molecular formula is C15H27N3O2. The number of hydrogen-bond acceptors (Lipinski definition) is 3. The molecule has 5 nitrogen and oxygen atoms in total. The Labute approximate surface area is 121 Å². The highest BCUT2D eigenvalue weighted by Crippen LogP contribution is 2.40. The number of amides is 2. The van der Waals surface area contributed by atoms with Gasteiger partial charge in [0.05, 0.1) is 11.8 Å². The van der Waals surface area contributed by atoms with Crippen molar-refractivity contribution in [2.45, 2.75) is 32.1 Å². The number of nitrogens with one attached hydrogen (secondary N) is 1. The van der Waals surface area contributed by atoms with Crippen LogP contribution in [-0.4, -0.2) is 61.9 Å². The van der Waals surface area contributed by atoms with Crippen LogP contribution in [0.4, 0.5) is 0 Å². The minimum atomic E-state index is -0.0659. The maximum atomic E-state index is 12.2. The van der Waals surface area contributed by atoms with Crippen LogP contribution in [0.3, 0.4) is 0 Å². The van der Waals surface area contributed by atoms with Gasteiger partial charge in [-0.25, -0.2) is 0 Å². The summed E-state index contributed by atoms with van der Waals surface area (Å²) < 4.78 is 0. The largest absolute Gasteiger partial charge is 0.356 e. The van der Waals surface area contributed by atoms with Gasteiger partial charge >= 0.3 is 0 Å².